The molecule has 6 heteroatoms. The van der Waals surface area contributed by atoms with Crippen LogP contribution in [-0.4, -0.2) is 26.0 Å². The summed E-state index contributed by atoms with van der Waals surface area (Å²) in [5, 5.41) is 8.75. The van der Waals surface area contributed by atoms with Crippen molar-refractivity contribution >= 4 is 16.0 Å². The van der Waals surface area contributed by atoms with Crippen LogP contribution in [0.25, 0.3) is 0 Å². The van der Waals surface area contributed by atoms with Crippen LogP contribution in [0.3, 0.4) is 0 Å². The summed E-state index contributed by atoms with van der Waals surface area (Å²) < 4.78 is 26.3. The maximum absolute atomic E-state index is 11.9. The van der Waals surface area contributed by atoms with Crippen molar-refractivity contribution in [2.24, 2.45) is 11.8 Å². The molecule has 2 atom stereocenters. The molecule has 0 spiro atoms. The zero-order valence-electron chi connectivity index (χ0n) is 10.7. The van der Waals surface area contributed by atoms with Crippen LogP contribution in [0.15, 0.2) is 24.3 Å². The average Bonchev–Trinajstić information content (AvgIpc) is 3.09. The second kappa shape index (κ2) is 5.30. The van der Waals surface area contributed by atoms with Crippen LogP contribution in [0.1, 0.15) is 17.5 Å². The minimum absolute atomic E-state index is 0.0653. The van der Waals surface area contributed by atoms with Gasteiger partial charge in [0.2, 0.25) is 10.0 Å². The Morgan fingerprint density at radius 3 is 2.68 bits per heavy atom. The zero-order valence-corrected chi connectivity index (χ0v) is 11.5. The van der Waals surface area contributed by atoms with Crippen LogP contribution in [0.5, 0.6) is 0 Å². The van der Waals surface area contributed by atoms with Gasteiger partial charge in [0.15, 0.2) is 0 Å². The third-order valence-corrected chi connectivity index (χ3v) is 4.71. The van der Waals surface area contributed by atoms with Gasteiger partial charge in [-0.05, 0) is 30.4 Å². The lowest BCUT2D eigenvalue weighted by molar-refractivity contribution is -0.138. The van der Waals surface area contributed by atoms with Crippen LogP contribution in [0, 0.1) is 18.8 Å². The van der Waals surface area contributed by atoms with E-state index in [1.807, 2.05) is 19.1 Å². The number of sulfonamides is 1. The summed E-state index contributed by atoms with van der Waals surface area (Å²) in [5.41, 5.74) is 1.70. The Kier molecular flexibility index (Phi) is 3.91. The van der Waals surface area contributed by atoms with Gasteiger partial charge in [-0.2, -0.15) is 0 Å². The standard InChI is InChI=1S/C13H17NO4S/c1-9-4-2-3-5-10(9)8-19(17,18)14-7-11-6-12(11)13(15)16/h2-5,11-12,14H,6-8H2,1H3,(H,15,16)/t11-,12+/m0/s1. The molecule has 1 aliphatic carbocycles. The lowest BCUT2D eigenvalue weighted by Crippen LogP contribution is -2.28. The largest absolute Gasteiger partial charge is 0.481 e. The van der Waals surface area contributed by atoms with Gasteiger partial charge in [-0.15, -0.1) is 0 Å². The number of benzene rings is 1. The number of carboxylic acids is 1. The summed E-state index contributed by atoms with van der Waals surface area (Å²) in [6.07, 6.45) is 0.558. The maximum Gasteiger partial charge on any atom is 0.306 e. The first-order valence-electron chi connectivity index (χ1n) is 6.14. The van der Waals surface area contributed by atoms with Crippen LogP contribution < -0.4 is 4.72 Å². The predicted molar refractivity (Wildman–Crippen MR) is 71.0 cm³/mol. The van der Waals surface area contributed by atoms with Gasteiger partial charge < -0.3 is 5.11 Å². The molecule has 19 heavy (non-hydrogen) atoms. The Labute approximate surface area is 112 Å². The van der Waals surface area contributed by atoms with E-state index < -0.39 is 16.0 Å². The normalized spacial score (nSPS) is 22.2. The third-order valence-electron chi connectivity index (χ3n) is 3.41. The molecule has 2 rings (SSSR count). The number of hydrogen-bond acceptors (Lipinski definition) is 3. The smallest absolute Gasteiger partial charge is 0.306 e. The molecule has 0 aromatic heterocycles. The van der Waals surface area contributed by atoms with Crippen molar-refractivity contribution in [2.75, 3.05) is 6.54 Å². The van der Waals surface area contributed by atoms with Gasteiger partial charge >= 0.3 is 5.97 Å². The maximum atomic E-state index is 11.9. The number of aliphatic carboxylic acids is 1. The van der Waals surface area contributed by atoms with Crippen LogP contribution in [0.2, 0.25) is 0 Å². The van der Waals surface area contributed by atoms with Gasteiger partial charge in [0.05, 0.1) is 11.7 Å². The van der Waals surface area contributed by atoms with E-state index >= 15 is 0 Å². The first kappa shape index (κ1) is 14.0. The van der Waals surface area contributed by atoms with Crippen molar-refractivity contribution < 1.29 is 18.3 Å². The average molecular weight is 283 g/mol. The summed E-state index contributed by atoms with van der Waals surface area (Å²) in [4.78, 5) is 10.7. The molecule has 0 saturated heterocycles. The second-order valence-corrected chi connectivity index (χ2v) is 6.78. The lowest BCUT2D eigenvalue weighted by atomic mass is 10.1. The SMILES string of the molecule is Cc1ccccc1CS(=O)(=O)NC[C@@H]1C[C@H]1C(=O)O. The van der Waals surface area contributed by atoms with E-state index in [2.05, 4.69) is 4.72 Å². The Balaban J connectivity index is 1.90. The topological polar surface area (TPSA) is 83.5 Å². The van der Waals surface area contributed by atoms with Crippen molar-refractivity contribution in [2.45, 2.75) is 19.1 Å². The summed E-state index contributed by atoms with van der Waals surface area (Å²) in [6.45, 7) is 2.08. The van der Waals surface area contributed by atoms with E-state index in [1.165, 1.54) is 0 Å². The highest BCUT2D eigenvalue weighted by molar-refractivity contribution is 7.88. The molecule has 1 fully saturated rings. The Morgan fingerprint density at radius 2 is 2.11 bits per heavy atom. The molecule has 1 aromatic carbocycles. The fourth-order valence-electron chi connectivity index (χ4n) is 2.04. The predicted octanol–water partition coefficient (Wildman–Crippen LogP) is 1.14. The monoisotopic (exact) mass is 283 g/mol. The zero-order chi connectivity index (χ0) is 14.0. The first-order chi connectivity index (χ1) is 8.89. The minimum atomic E-state index is -3.40. The van der Waals surface area contributed by atoms with Crippen molar-refractivity contribution in [1.82, 2.24) is 4.72 Å². The van der Waals surface area contributed by atoms with E-state index in [4.69, 9.17) is 5.11 Å². The van der Waals surface area contributed by atoms with Crippen LogP contribution >= 0.6 is 0 Å². The quantitative estimate of drug-likeness (QED) is 0.820. The number of rotatable bonds is 6. The number of carbonyl (C=O) groups is 1. The van der Waals surface area contributed by atoms with Crippen LogP contribution in [-0.2, 0) is 20.6 Å². The van der Waals surface area contributed by atoms with E-state index in [0.29, 0.717) is 6.42 Å². The fraction of sp³-hybridized carbons (Fsp3) is 0.462. The summed E-state index contributed by atoms with van der Waals surface area (Å²) >= 11 is 0. The highest BCUT2D eigenvalue weighted by atomic mass is 32.2. The number of aryl methyl sites for hydroxylation is 1. The minimum Gasteiger partial charge on any atom is -0.481 e. The number of hydrogen-bond donors (Lipinski definition) is 2. The summed E-state index contributed by atoms with van der Waals surface area (Å²) in [5.74, 6) is -1.36. The summed E-state index contributed by atoms with van der Waals surface area (Å²) in [7, 11) is -3.40. The van der Waals surface area contributed by atoms with Crippen molar-refractivity contribution in [3.8, 4) is 0 Å². The van der Waals surface area contributed by atoms with Gasteiger partial charge in [-0.1, -0.05) is 24.3 Å². The number of nitrogens with one attached hydrogen (secondary N) is 1. The molecule has 0 aliphatic heterocycles. The Bertz CT molecular complexity index is 582. The second-order valence-electron chi connectivity index (χ2n) is 4.97. The molecule has 0 radical (unpaired) electrons. The van der Waals surface area contributed by atoms with E-state index in [9.17, 15) is 13.2 Å². The molecule has 1 saturated carbocycles. The third kappa shape index (κ3) is 3.78. The van der Waals surface area contributed by atoms with Gasteiger partial charge in [0, 0.05) is 6.54 Å². The van der Waals surface area contributed by atoms with Gasteiger partial charge in [-0.25, -0.2) is 13.1 Å². The molecule has 0 unspecified atom stereocenters. The van der Waals surface area contributed by atoms with Gasteiger partial charge in [0.25, 0.3) is 0 Å². The van der Waals surface area contributed by atoms with Gasteiger partial charge in [0.1, 0.15) is 0 Å². The molecule has 2 N–H and O–H groups in total. The fourth-order valence-corrected chi connectivity index (χ4v) is 3.34. The lowest BCUT2D eigenvalue weighted by Gasteiger charge is -2.08. The van der Waals surface area contributed by atoms with E-state index in [1.54, 1.807) is 12.1 Å². The van der Waals surface area contributed by atoms with Crippen molar-refractivity contribution in [3.05, 3.63) is 35.4 Å². The van der Waals surface area contributed by atoms with E-state index in [0.717, 1.165) is 11.1 Å². The Hall–Kier alpha value is -1.40. The number of carboxylic acid groups (broad SMARTS) is 1. The highest BCUT2D eigenvalue weighted by Crippen LogP contribution is 2.37. The molecule has 1 aliphatic rings. The molecular weight excluding hydrogens is 266 g/mol. The molecular formula is C13H17NO4S. The first-order valence-corrected chi connectivity index (χ1v) is 7.79. The van der Waals surface area contributed by atoms with Crippen LogP contribution in [0.4, 0.5) is 0 Å². The molecule has 0 heterocycles. The molecule has 1 aromatic rings. The van der Waals surface area contributed by atoms with E-state index in [-0.39, 0.29) is 24.1 Å². The molecule has 5 nitrogen and oxygen atoms in total. The summed E-state index contributed by atoms with van der Waals surface area (Å²) in [6, 6.07) is 7.32. The molecule has 0 amide bonds. The molecule has 104 valence electrons. The molecule has 0 bridgehead atoms. The van der Waals surface area contributed by atoms with Crippen molar-refractivity contribution in [1.29, 1.82) is 0 Å². The Morgan fingerprint density at radius 1 is 1.42 bits per heavy atom. The van der Waals surface area contributed by atoms with Crippen molar-refractivity contribution in [3.63, 3.8) is 0 Å². The highest BCUT2D eigenvalue weighted by Gasteiger charge is 2.43. The van der Waals surface area contributed by atoms with Gasteiger partial charge in [-0.3, -0.25) is 4.79 Å².